The Morgan fingerprint density at radius 3 is 2.89 bits per heavy atom. The summed E-state index contributed by atoms with van der Waals surface area (Å²) < 4.78 is 5.06. The number of aliphatic imine (C=N–C) groups is 1. The molecule has 1 heterocycles. The van der Waals surface area contributed by atoms with Gasteiger partial charge in [-0.05, 0) is 26.2 Å². The minimum absolute atomic E-state index is 0.477. The van der Waals surface area contributed by atoms with Gasteiger partial charge in [-0.2, -0.15) is 4.98 Å². The molecule has 0 aliphatic heterocycles. The molecule has 6 heteroatoms. The van der Waals surface area contributed by atoms with Gasteiger partial charge in [-0.25, -0.2) is 0 Å². The second kappa shape index (κ2) is 6.92. The minimum atomic E-state index is 0.477. The van der Waals surface area contributed by atoms with E-state index in [0.717, 1.165) is 38.2 Å². The van der Waals surface area contributed by atoms with Crippen molar-refractivity contribution in [2.75, 3.05) is 13.6 Å². The molecule has 0 unspecified atom stereocenters. The van der Waals surface area contributed by atoms with Gasteiger partial charge >= 0.3 is 0 Å². The summed E-state index contributed by atoms with van der Waals surface area (Å²) in [6.07, 6.45) is 8.26. The fourth-order valence-electron chi connectivity index (χ4n) is 2.01. The minimum Gasteiger partial charge on any atom is -0.356 e. The van der Waals surface area contributed by atoms with E-state index in [0.29, 0.717) is 17.8 Å². The molecule has 0 saturated carbocycles. The molecule has 1 aliphatic carbocycles. The van der Waals surface area contributed by atoms with Crippen LogP contribution < -0.4 is 10.6 Å². The van der Waals surface area contributed by atoms with Crippen LogP contribution in [-0.2, 0) is 6.42 Å². The van der Waals surface area contributed by atoms with Gasteiger partial charge in [0.05, 0.1) is 0 Å². The second-order valence-corrected chi connectivity index (χ2v) is 4.62. The molecule has 6 nitrogen and oxygen atoms in total. The predicted octanol–water partition coefficient (Wildman–Crippen LogP) is 1.19. The smallest absolute Gasteiger partial charge is 0.226 e. The molecule has 2 rings (SSSR count). The van der Waals surface area contributed by atoms with Crippen molar-refractivity contribution in [1.29, 1.82) is 0 Å². The summed E-state index contributed by atoms with van der Waals surface area (Å²) >= 11 is 0. The molecule has 0 bridgehead atoms. The molecule has 1 aromatic heterocycles. The third-order valence-electron chi connectivity index (χ3n) is 3.00. The molecule has 0 saturated heterocycles. The Kier molecular flexibility index (Phi) is 4.94. The maximum atomic E-state index is 5.06. The van der Waals surface area contributed by atoms with Crippen LogP contribution in [0.4, 0.5) is 0 Å². The summed E-state index contributed by atoms with van der Waals surface area (Å²) in [5.74, 6) is 2.24. The van der Waals surface area contributed by atoms with Gasteiger partial charge < -0.3 is 15.2 Å². The van der Waals surface area contributed by atoms with Crippen molar-refractivity contribution in [2.24, 2.45) is 4.99 Å². The van der Waals surface area contributed by atoms with Crippen LogP contribution in [0.5, 0.6) is 0 Å². The molecular weight excluding hydrogens is 242 g/mol. The van der Waals surface area contributed by atoms with Crippen LogP contribution in [0.1, 0.15) is 31.0 Å². The average molecular weight is 263 g/mol. The van der Waals surface area contributed by atoms with Crippen LogP contribution in [0.3, 0.4) is 0 Å². The second-order valence-electron chi connectivity index (χ2n) is 4.62. The number of guanidine groups is 1. The van der Waals surface area contributed by atoms with Gasteiger partial charge in [-0.3, -0.25) is 4.99 Å². The van der Waals surface area contributed by atoms with Gasteiger partial charge in [0.2, 0.25) is 5.89 Å². The van der Waals surface area contributed by atoms with Crippen molar-refractivity contribution in [3.05, 3.63) is 23.9 Å². The fraction of sp³-hybridized carbons (Fsp3) is 0.615. The van der Waals surface area contributed by atoms with E-state index in [1.54, 1.807) is 7.05 Å². The van der Waals surface area contributed by atoms with Crippen LogP contribution in [0.15, 0.2) is 21.7 Å². The quantitative estimate of drug-likeness (QED) is 0.361. The van der Waals surface area contributed by atoms with Gasteiger partial charge in [-0.15, -0.1) is 0 Å². The van der Waals surface area contributed by atoms with Crippen molar-refractivity contribution in [2.45, 2.75) is 38.6 Å². The summed E-state index contributed by atoms with van der Waals surface area (Å²) in [7, 11) is 1.79. The normalized spacial score (nSPS) is 16.0. The molecule has 0 atom stereocenters. The summed E-state index contributed by atoms with van der Waals surface area (Å²) in [4.78, 5) is 8.39. The number of rotatable bonds is 5. The van der Waals surface area contributed by atoms with E-state index in [-0.39, 0.29) is 0 Å². The molecule has 0 fully saturated rings. The largest absolute Gasteiger partial charge is 0.356 e. The summed E-state index contributed by atoms with van der Waals surface area (Å²) in [5, 5.41) is 10.5. The Hall–Kier alpha value is -1.85. The number of aromatic nitrogens is 2. The monoisotopic (exact) mass is 263 g/mol. The molecule has 2 N–H and O–H groups in total. The molecule has 1 aromatic rings. The van der Waals surface area contributed by atoms with Crippen LogP contribution in [0, 0.1) is 6.92 Å². The highest BCUT2D eigenvalue weighted by Crippen LogP contribution is 2.08. The molecule has 0 amide bonds. The number of nitrogens with one attached hydrogen (secondary N) is 2. The van der Waals surface area contributed by atoms with Gasteiger partial charge in [0.1, 0.15) is 0 Å². The van der Waals surface area contributed by atoms with Gasteiger partial charge in [0, 0.05) is 26.1 Å². The fourth-order valence-corrected chi connectivity index (χ4v) is 2.01. The Bertz CT molecular complexity index is 444. The zero-order chi connectivity index (χ0) is 13.5. The van der Waals surface area contributed by atoms with E-state index < -0.39 is 0 Å². The molecule has 0 spiro atoms. The highest BCUT2D eigenvalue weighted by atomic mass is 16.5. The lowest BCUT2D eigenvalue weighted by Crippen LogP contribution is -2.42. The molecular formula is C13H21N5O. The zero-order valence-corrected chi connectivity index (χ0v) is 11.5. The Morgan fingerprint density at radius 1 is 1.47 bits per heavy atom. The maximum Gasteiger partial charge on any atom is 0.226 e. The van der Waals surface area contributed by atoms with Crippen molar-refractivity contribution in [3.63, 3.8) is 0 Å². The maximum absolute atomic E-state index is 5.06. The summed E-state index contributed by atoms with van der Waals surface area (Å²) in [6.45, 7) is 2.66. The van der Waals surface area contributed by atoms with E-state index >= 15 is 0 Å². The SMILES string of the molecule is CN=C(NCCCc1nc(C)no1)NC1CC=CC1. The lowest BCUT2D eigenvalue weighted by Gasteiger charge is -2.16. The van der Waals surface area contributed by atoms with Crippen molar-refractivity contribution < 1.29 is 4.52 Å². The third kappa shape index (κ3) is 4.39. The lowest BCUT2D eigenvalue weighted by molar-refractivity contribution is 0.372. The van der Waals surface area contributed by atoms with Crippen molar-refractivity contribution in [1.82, 2.24) is 20.8 Å². The molecule has 0 radical (unpaired) electrons. The average Bonchev–Trinajstić information content (AvgIpc) is 3.05. The first-order chi connectivity index (χ1) is 9.28. The van der Waals surface area contributed by atoms with E-state index in [4.69, 9.17) is 4.52 Å². The topological polar surface area (TPSA) is 75.3 Å². The lowest BCUT2D eigenvalue weighted by atomic mass is 10.2. The molecule has 1 aliphatic rings. The van der Waals surface area contributed by atoms with Crippen LogP contribution in [0.2, 0.25) is 0 Å². The van der Waals surface area contributed by atoms with Gasteiger partial charge in [-0.1, -0.05) is 17.3 Å². The predicted molar refractivity (Wildman–Crippen MR) is 74.0 cm³/mol. The van der Waals surface area contributed by atoms with Crippen LogP contribution in [0.25, 0.3) is 0 Å². The highest BCUT2D eigenvalue weighted by molar-refractivity contribution is 5.80. The zero-order valence-electron chi connectivity index (χ0n) is 11.5. The van der Waals surface area contributed by atoms with Gasteiger partial charge in [0.15, 0.2) is 11.8 Å². The first-order valence-electron chi connectivity index (χ1n) is 6.69. The van der Waals surface area contributed by atoms with Crippen molar-refractivity contribution >= 4 is 5.96 Å². The molecule has 19 heavy (non-hydrogen) atoms. The molecule has 0 aromatic carbocycles. The number of nitrogens with zero attached hydrogens (tertiary/aromatic N) is 3. The van der Waals surface area contributed by atoms with Crippen LogP contribution >= 0.6 is 0 Å². The van der Waals surface area contributed by atoms with Crippen LogP contribution in [-0.4, -0.2) is 35.7 Å². The number of hydrogen-bond donors (Lipinski definition) is 2. The first kappa shape index (κ1) is 13.6. The van der Waals surface area contributed by atoms with E-state index in [9.17, 15) is 0 Å². The number of hydrogen-bond acceptors (Lipinski definition) is 4. The first-order valence-corrected chi connectivity index (χ1v) is 6.69. The van der Waals surface area contributed by atoms with E-state index in [1.165, 1.54) is 0 Å². The highest BCUT2D eigenvalue weighted by Gasteiger charge is 2.11. The Balaban J connectivity index is 1.63. The van der Waals surface area contributed by atoms with E-state index in [1.807, 2.05) is 6.92 Å². The summed E-state index contributed by atoms with van der Waals surface area (Å²) in [6, 6.07) is 0.477. The summed E-state index contributed by atoms with van der Waals surface area (Å²) in [5.41, 5.74) is 0. The third-order valence-corrected chi connectivity index (χ3v) is 3.00. The number of aryl methyl sites for hydroxylation is 2. The van der Waals surface area contributed by atoms with Gasteiger partial charge in [0.25, 0.3) is 0 Å². The Labute approximate surface area is 113 Å². The van der Waals surface area contributed by atoms with E-state index in [2.05, 4.69) is 37.9 Å². The standard InChI is InChI=1S/C13H21N5O/c1-10-16-12(19-18-10)8-5-9-15-13(14-2)17-11-6-3-4-7-11/h3-4,11H,5-9H2,1-2H3,(H2,14,15,17). The Morgan fingerprint density at radius 2 is 2.26 bits per heavy atom. The molecule has 104 valence electrons. The van der Waals surface area contributed by atoms with Crippen molar-refractivity contribution in [3.8, 4) is 0 Å².